The van der Waals surface area contributed by atoms with Crippen LogP contribution in [0.2, 0.25) is 0 Å². The third-order valence-electron chi connectivity index (χ3n) is 2.81. The lowest BCUT2D eigenvalue weighted by Crippen LogP contribution is -2.08. The van der Waals surface area contributed by atoms with Crippen molar-refractivity contribution in [2.45, 2.75) is 0 Å². The zero-order valence-electron chi connectivity index (χ0n) is 10.9. The van der Waals surface area contributed by atoms with Gasteiger partial charge in [-0.25, -0.2) is 0 Å². The molecule has 3 rings (SSSR count). The molecule has 5 heteroatoms. The van der Waals surface area contributed by atoms with Crippen LogP contribution in [0.25, 0.3) is 17.0 Å². The van der Waals surface area contributed by atoms with E-state index in [0.717, 1.165) is 11.0 Å². The minimum absolute atomic E-state index is 0.246. The molecule has 20 heavy (non-hydrogen) atoms. The Bertz CT molecular complexity index is 750. The van der Waals surface area contributed by atoms with Gasteiger partial charge in [0.25, 0.3) is 0 Å². The minimum Gasteiger partial charge on any atom is -0.457 e. The SMILES string of the molecule is Cn1ccc(NC(=O)/C=C/c2cc3ccccc3o2)n1. The van der Waals surface area contributed by atoms with Crippen LogP contribution in [0.1, 0.15) is 5.76 Å². The van der Waals surface area contributed by atoms with Crippen LogP contribution in [-0.4, -0.2) is 15.7 Å². The van der Waals surface area contributed by atoms with E-state index in [2.05, 4.69) is 10.4 Å². The Labute approximate surface area is 115 Å². The van der Waals surface area contributed by atoms with Crippen molar-refractivity contribution < 1.29 is 9.21 Å². The van der Waals surface area contributed by atoms with Crippen molar-refractivity contribution in [2.24, 2.45) is 7.05 Å². The quantitative estimate of drug-likeness (QED) is 0.742. The number of nitrogens with one attached hydrogen (secondary N) is 1. The monoisotopic (exact) mass is 267 g/mol. The molecule has 0 aliphatic heterocycles. The second-order valence-electron chi connectivity index (χ2n) is 4.38. The summed E-state index contributed by atoms with van der Waals surface area (Å²) in [6, 6.07) is 11.3. The highest BCUT2D eigenvalue weighted by atomic mass is 16.3. The molecule has 1 N–H and O–H groups in total. The minimum atomic E-state index is -0.246. The molecule has 0 unspecified atom stereocenters. The number of nitrogens with zero attached hydrogens (tertiary/aromatic N) is 2. The topological polar surface area (TPSA) is 60.1 Å². The summed E-state index contributed by atoms with van der Waals surface area (Å²) in [6.45, 7) is 0. The number of rotatable bonds is 3. The van der Waals surface area contributed by atoms with Gasteiger partial charge in [-0.3, -0.25) is 9.48 Å². The number of aryl methyl sites for hydroxylation is 1. The predicted molar refractivity (Wildman–Crippen MR) is 77.1 cm³/mol. The van der Waals surface area contributed by atoms with Gasteiger partial charge in [0.15, 0.2) is 5.82 Å². The highest BCUT2D eigenvalue weighted by molar-refractivity contribution is 6.01. The lowest BCUT2D eigenvalue weighted by molar-refractivity contribution is -0.111. The standard InChI is InChI=1S/C15H13N3O2/c1-18-9-8-14(17-18)16-15(19)7-6-12-10-11-4-2-3-5-13(11)20-12/h2-10H,1H3,(H,16,17,19)/b7-6+. The summed E-state index contributed by atoms with van der Waals surface area (Å²) in [5.74, 6) is 0.915. The van der Waals surface area contributed by atoms with Crippen LogP contribution < -0.4 is 5.32 Å². The maximum absolute atomic E-state index is 11.7. The van der Waals surface area contributed by atoms with Gasteiger partial charge < -0.3 is 9.73 Å². The Morgan fingerprint density at radius 3 is 2.95 bits per heavy atom. The van der Waals surface area contributed by atoms with E-state index in [1.807, 2.05) is 30.3 Å². The van der Waals surface area contributed by atoms with Gasteiger partial charge in [-0.2, -0.15) is 5.10 Å². The molecule has 5 nitrogen and oxygen atoms in total. The number of carbonyl (C=O) groups excluding carboxylic acids is 1. The van der Waals surface area contributed by atoms with Crippen LogP contribution >= 0.6 is 0 Å². The molecule has 100 valence electrons. The zero-order chi connectivity index (χ0) is 13.9. The van der Waals surface area contributed by atoms with E-state index in [1.54, 1.807) is 30.1 Å². The largest absolute Gasteiger partial charge is 0.457 e. The highest BCUT2D eigenvalue weighted by Gasteiger charge is 2.02. The van der Waals surface area contributed by atoms with Gasteiger partial charge in [0, 0.05) is 30.8 Å². The summed E-state index contributed by atoms with van der Waals surface area (Å²) >= 11 is 0. The van der Waals surface area contributed by atoms with Crippen molar-refractivity contribution in [1.82, 2.24) is 9.78 Å². The normalized spacial score (nSPS) is 11.2. The number of benzene rings is 1. The molecule has 0 saturated heterocycles. The molecule has 1 aromatic carbocycles. The number of para-hydroxylation sites is 1. The van der Waals surface area contributed by atoms with E-state index in [1.165, 1.54) is 6.08 Å². The Balaban J connectivity index is 1.71. The summed E-state index contributed by atoms with van der Waals surface area (Å²) in [4.78, 5) is 11.7. The van der Waals surface area contributed by atoms with Crippen molar-refractivity contribution in [3.63, 3.8) is 0 Å². The van der Waals surface area contributed by atoms with Crippen molar-refractivity contribution in [1.29, 1.82) is 0 Å². The number of carbonyl (C=O) groups is 1. The fourth-order valence-corrected chi connectivity index (χ4v) is 1.89. The van der Waals surface area contributed by atoms with Gasteiger partial charge in [0.1, 0.15) is 11.3 Å². The van der Waals surface area contributed by atoms with Crippen LogP contribution in [0.3, 0.4) is 0 Å². The van der Waals surface area contributed by atoms with Crippen molar-refractivity contribution in [2.75, 3.05) is 5.32 Å². The van der Waals surface area contributed by atoms with Crippen LogP contribution in [0.5, 0.6) is 0 Å². The molecular formula is C15H13N3O2. The number of fused-ring (bicyclic) bond motifs is 1. The Morgan fingerprint density at radius 1 is 1.35 bits per heavy atom. The molecule has 0 spiro atoms. The van der Waals surface area contributed by atoms with Gasteiger partial charge in [-0.05, 0) is 18.2 Å². The average molecular weight is 267 g/mol. The van der Waals surface area contributed by atoms with Gasteiger partial charge in [0.2, 0.25) is 5.91 Å². The van der Waals surface area contributed by atoms with Gasteiger partial charge in [0.05, 0.1) is 0 Å². The molecule has 3 aromatic rings. The molecule has 2 aromatic heterocycles. The number of amides is 1. The third kappa shape index (κ3) is 2.61. The van der Waals surface area contributed by atoms with Crippen molar-refractivity contribution in [3.8, 4) is 0 Å². The summed E-state index contributed by atoms with van der Waals surface area (Å²) < 4.78 is 7.21. The zero-order valence-corrected chi connectivity index (χ0v) is 10.9. The van der Waals surface area contributed by atoms with Crippen LogP contribution in [0, 0.1) is 0 Å². The molecule has 0 aliphatic carbocycles. The predicted octanol–water partition coefficient (Wildman–Crippen LogP) is 2.82. The number of aromatic nitrogens is 2. The number of hydrogen-bond acceptors (Lipinski definition) is 3. The summed E-state index contributed by atoms with van der Waals surface area (Å²) in [7, 11) is 1.79. The summed E-state index contributed by atoms with van der Waals surface area (Å²) in [5, 5.41) is 7.75. The van der Waals surface area contributed by atoms with Gasteiger partial charge in [-0.15, -0.1) is 0 Å². The number of anilines is 1. The Kier molecular flexibility index (Phi) is 3.09. The smallest absolute Gasteiger partial charge is 0.249 e. The van der Waals surface area contributed by atoms with Gasteiger partial charge >= 0.3 is 0 Å². The van der Waals surface area contributed by atoms with E-state index < -0.39 is 0 Å². The Morgan fingerprint density at radius 2 is 2.20 bits per heavy atom. The fraction of sp³-hybridized carbons (Fsp3) is 0.0667. The fourth-order valence-electron chi connectivity index (χ4n) is 1.89. The lowest BCUT2D eigenvalue weighted by atomic mass is 10.2. The second kappa shape index (κ2) is 5.05. The third-order valence-corrected chi connectivity index (χ3v) is 2.81. The van der Waals surface area contributed by atoms with Crippen LogP contribution in [-0.2, 0) is 11.8 Å². The number of hydrogen-bond donors (Lipinski definition) is 1. The second-order valence-corrected chi connectivity index (χ2v) is 4.38. The van der Waals surface area contributed by atoms with Crippen LogP contribution in [0.15, 0.2) is 53.1 Å². The average Bonchev–Trinajstić information content (AvgIpc) is 3.02. The molecule has 1 amide bonds. The van der Waals surface area contributed by atoms with E-state index in [9.17, 15) is 4.79 Å². The van der Waals surface area contributed by atoms with Crippen molar-refractivity contribution in [3.05, 3.63) is 54.4 Å². The summed E-state index contributed by atoms with van der Waals surface area (Å²) in [5.41, 5.74) is 0.803. The number of furan rings is 1. The van der Waals surface area contributed by atoms with E-state index in [4.69, 9.17) is 4.42 Å². The maximum Gasteiger partial charge on any atom is 0.249 e. The first kappa shape index (κ1) is 12.2. The van der Waals surface area contributed by atoms with E-state index in [-0.39, 0.29) is 5.91 Å². The van der Waals surface area contributed by atoms with Crippen LogP contribution in [0.4, 0.5) is 5.82 Å². The molecule has 0 atom stereocenters. The molecule has 0 aliphatic rings. The van der Waals surface area contributed by atoms with E-state index >= 15 is 0 Å². The first-order valence-electron chi connectivity index (χ1n) is 6.18. The molecule has 0 bridgehead atoms. The van der Waals surface area contributed by atoms with Crippen molar-refractivity contribution >= 4 is 28.8 Å². The molecule has 2 heterocycles. The van der Waals surface area contributed by atoms with Gasteiger partial charge in [-0.1, -0.05) is 18.2 Å². The maximum atomic E-state index is 11.7. The summed E-state index contributed by atoms with van der Waals surface area (Å²) in [6.07, 6.45) is 4.82. The first-order chi connectivity index (χ1) is 9.70. The lowest BCUT2D eigenvalue weighted by Gasteiger charge is -1.95. The molecule has 0 fully saturated rings. The molecular weight excluding hydrogens is 254 g/mol. The molecule has 0 radical (unpaired) electrons. The first-order valence-corrected chi connectivity index (χ1v) is 6.18. The van der Waals surface area contributed by atoms with E-state index in [0.29, 0.717) is 11.6 Å². The Hall–Kier alpha value is -2.82. The highest BCUT2D eigenvalue weighted by Crippen LogP contribution is 2.19. The molecule has 0 saturated carbocycles.